The van der Waals surface area contributed by atoms with E-state index in [0.717, 1.165) is 5.70 Å². The average molecular weight is 153 g/mol. The van der Waals surface area contributed by atoms with Gasteiger partial charge in [-0.3, -0.25) is 4.79 Å². The van der Waals surface area contributed by atoms with E-state index in [1.165, 1.54) is 0 Å². The first kappa shape index (κ1) is 9.95. The van der Waals surface area contributed by atoms with Crippen molar-refractivity contribution in [3.63, 3.8) is 0 Å². The lowest BCUT2D eigenvalue weighted by molar-refractivity contribution is -0.123. The fraction of sp³-hybridized carbons (Fsp3) is 0.444. The van der Waals surface area contributed by atoms with Crippen molar-refractivity contribution >= 4 is 5.91 Å². The Bertz CT molecular complexity index is 192. The van der Waals surface area contributed by atoms with Crippen molar-refractivity contribution in [2.45, 2.75) is 20.8 Å². The quantitative estimate of drug-likeness (QED) is 0.555. The molecule has 1 amide bonds. The number of amides is 1. The van der Waals surface area contributed by atoms with E-state index in [9.17, 15) is 4.79 Å². The van der Waals surface area contributed by atoms with Crippen LogP contribution in [0.2, 0.25) is 0 Å². The number of carbonyl (C=O) groups is 1. The Morgan fingerprint density at radius 1 is 1.36 bits per heavy atom. The highest BCUT2D eigenvalue weighted by molar-refractivity contribution is 5.88. The van der Waals surface area contributed by atoms with Gasteiger partial charge in [0, 0.05) is 12.7 Å². The van der Waals surface area contributed by atoms with Crippen LogP contribution in [0.15, 0.2) is 23.9 Å². The second kappa shape index (κ2) is 4.72. The summed E-state index contributed by atoms with van der Waals surface area (Å²) in [6.07, 6.45) is 5.19. The molecule has 0 bridgehead atoms. The standard InChI is InChI=1S/C9H15NO/c1-5-7-9(11)10(4)8(3)6-2/h5-7H,1-4H3/b7-5-,8-6-. The van der Waals surface area contributed by atoms with E-state index in [4.69, 9.17) is 0 Å². The maximum absolute atomic E-state index is 11.1. The smallest absolute Gasteiger partial charge is 0.250 e. The highest BCUT2D eigenvalue weighted by Crippen LogP contribution is 1.99. The number of hydrogen-bond donors (Lipinski definition) is 0. The molecular weight excluding hydrogens is 138 g/mol. The van der Waals surface area contributed by atoms with E-state index in [1.807, 2.05) is 26.8 Å². The molecule has 0 N–H and O–H groups in total. The van der Waals surface area contributed by atoms with E-state index in [2.05, 4.69) is 0 Å². The lowest BCUT2D eigenvalue weighted by Gasteiger charge is -2.14. The highest BCUT2D eigenvalue weighted by atomic mass is 16.2. The summed E-state index contributed by atoms with van der Waals surface area (Å²) in [6.45, 7) is 5.65. The fourth-order valence-electron chi connectivity index (χ4n) is 0.622. The minimum atomic E-state index is 0.0168. The predicted molar refractivity (Wildman–Crippen MR) is 47.0 cm³/mol. The lowest BCUT2D eigenvalue weighted by Crippen LogP contribution is -2.22. The zero-order valence-electron chi connectivity index (χ0n) is 7.59. The van der Waals surface area contributed by atoms with Crippen molar-refractivity contribution in [1.29, 1.82) is 0 Å². The molecule has 0 aromatic heterocycles. The maximum atomic E-state index is 11.1. The minimum absolute atomic E-state index is 0.0168. The van der Waals surface area contributed by atoms with Crippen molar-refractivity contribution in [3.05, 3.63) is 23.9 Å². The van der Waals surface area contributed by atoms with Crippen molar-refractivity contribution < 1.29 is 4.79 Å². The third-order valence-corrected chi connectivity index (χ3v) is 1.59. The molecule has 2 nitrogen and oxygen atoms in total. The van der Waals surface area contributed by atoms with Gasteiger partial charge in [0.25, 0.3) is 0 Å². The number of nitrogens with zero attached hydrogens (tertiary/aromatic N) is 1. The van der Waals surface area contributed by atoms with Gasteiger partial charge in [-0.05, 0) is 26.8 Å². The molecule has 0 aliphatic carbocycles. The van der Waals surface area contributed by atoms with Crippen LogP contribution in [0.25, 0.3) is 0 Å². The summed E-state index contributed by atoms with van der Waals surface area (Å²) in [5, 5.41) is 0. The van der Waals surface area contributed by atoms with Crippen molar-refractivity contribution in [1.82, 2.24) is 4.90 Å². The molecule has 2 heteroatoms. The number of rotatable bonds is 2. The molecule has 0 aromatic rings. The summed E-state index contributed by atoms with van der Waals surface area (Å²) in [5.41, 5.74) is 0.966. The number of hydrogen-bond acceptors (Lipinski definition) is 1. The summed E-state index contributed by atoms with van der Waals surface area (Å²) >= 11 is 0. The van der Waals surface area contributed by atoms with Crippen LogP contribution in [0.4, 0.5) is 0 Å². The fourth-order valence-corrected chi connectivity index (χ4v) is 0.622. The van der Waals surface area contributed by atoms with E-state index in [-0.39, 0.29) is 5.91 Å². The molecule has 0 unspecified atom stereocenters. The zero-order valence-corrected chi connectivity index (χ0v) is 7.59. The second-order valence-corrected chi connectivity index (χ2v) is 2.33. The van der Waals surface area contributed by atoms with Gasteiger partial charge in [-0.2, -0.15) is 0 Å². The van der Waals surface area contributed by atoms with Gasteiger partial charge in [-0.25, -0.2) is 0 Å². The Morgan fingerprint density at radius 3 is 2.27 bits per heavy atom. The van der Waals surface area contributed by atoms with Gasteiger partial charge in [0.15, 0.2) is 0 Å². The van der Waals surface area contributed by atoms with Crippen LogP contribution >= 0.6 is 0 Å². The zero-order chi connectivity index (χ0) is 8.85. The van der Waals surface area contributed by atoms with E-state index in [1.54, 1.807) is 24.1 Å². The molecule has 0 heterocycles. The first-order valence-corrected chi connectivity index (χ1v) is 3.66. The predicted octanol–water partition coefficient (Wildman–Crippen LogP) is 1.94. The maximum Gasteiger partial charge on any atom is 0.250 e. The van der Waals surface area contributed by atoms with E-state index >= 15 is 0 Å². The molecule has 0 aromatic carbocycles. The van der Waals surface area contributed by atoms with E-state index in [0.29, 0.717) is 0 Å². The largest absolute Gasteiger partial charge is 0.316 e. The van der Waals surface area contributed by atoms with E-state index < -0.39 is 0 Å². The first-order valence-electron chi connectivity index (χ1n) is 3.66. The van der Waals surface area contributed by atoms with Crippen LogP contribution in [0.5, 0.6) is 0 Å². The van der Waals surface area contributed by atoms with Crippen LogP contribution in [0.1, 0.15) is 20.8 Å². The second-order valence-electron chi connectivity index (χ2n) is 2.33. The molecule has 62 valence electrons. The third kappa shape index (κ3) is 3.03. The molecule has 0 aliphatic rings. The molecule has 0 radical (unpaired) electrons. The Morgan fingerprint density at radius 2 is 1.91 bits per heavy atom. The van der Waals surface area contributed by atoms with Gasteiger partial charge in [-0.1, -0.05) is 12.2 Å². The highest BCUT2D eigenvalue weighted by Gasteiger charge is 2.03. The number of carbonyl (C=O) groups excluding carboxylic acids is 1. The van der Waals surface area contributed by atoms with Crippen LogP contribution in [0.3, 0.4) is 0 Å². The number of allylic oxidation sites excluding steroid dienone is 3. The van der Waals surface area contributed by atoms with Crippen molar-refractivity contribution in [3.8, 4) is 0 Å². The van der Waals surface area contributed by atoms with Crippen LogP contribution in [-0.2, 0) is 4.79 Å². The first-order chi connectivity index (χ1) is 5.13. The topological polar surface area (TPSA) is 20.3 Å². The summed E-state index contributed by atoms with van der Waals surface area (Å²) in [4.78, 5) is 12.8. The van der Waals surface area contributed by atoms with Gasteiger partial charge in [0.2, 0.25) is 5.91 Å². The SMILES string of the molecule is C/C=C\C(=O)N(C)/C(C)=C\C. The molecular formula is C9H15NO. The summed E-state index contributed by atoms with van der Waals surface area (Å²) in [7, 11) is 1.76. The summed E-state index contributed by atoms with van der Waals surface area (Å²) in [6, 6.07) is 0. The van der Waals surface area contributed by atoms with Crippen LogP contribution < -0.4 is 0 Å². The Kier molecular flexibility index (Phi) is 4.27. The molecule has 0 aliphatic heterocycles. The van der Waals surface area contributed by atoms with Gasteiger partial charge in [0.1, 0.15) is 0 Å². The van der Waals surface area contributed by atoms with Crippen molar-refractivity contribution in [2.75, 3.05) is 7.05 Å². The Hall–Kier alpha value is -1.05. The Labute approximate surface area is 68.2 Å². The van der Waals surface area contributed by atoms with Gasteiger partial charge in [-0.15, -0.1) is 0 Å². The minimum Gasteiger partial charge on any atom is -0.316 e. The molecule has 11 heavy (non-hydrogen) atoms. The Balaban J connectivity index is 4.25. The van der Waals surface area contributed by atoms with Gasteiger partial charge >= 0.3 is 0 Å². The monoisotopic (exact) mass is 153 g/mol. The van der Waals surface area contributed by atoms with Crippen LogP contribution in [0, 0.1) is 0 Å². The van der Waals surface area contributed by atoms with Crippen molar-refractivity contribution in [2.24, 2.45) is 0 Å². The molecule has 0 rings (SSSR count). The molecule has 0 saturated heterocycles. The summed E-state index contributed by atoms with van der Waals surface area (Å²) < 4.78 is 0. The molecule has 0 spiro atoms. The third-order valence-electron chi connectivity index (χ3n) is 1.59. The summed E-state index contributed by atoms with van der Waals surface area (Å²) in [5.74, 6) is 0.0168. The van der Waals surface area contributed by atoms with Gasteiger partial charge < -0.3 is 4.90 Å². The average Bonchev–Trinajstić information content (AvgIpc) is 2.02. The normalized spacial score (nSPS) is 12.2. The molecule has 0 fully saturated rings. The van der Waals surface area contributed by atoms with Gasteiger partial charge in [0.05, 0.1) is 0 Å². The molecule has 0 atom stereocenters. The number of likely N-dealkylation sites (N-methyl/N-ethyl adjacent to an activating group) is 1. The lowest BCUT2D eigenvalue weighted by atomic mass is 10.3. The molecule has 0 saturated carbocycles. The van der Waals surface area contributed by atoms with Crippen LogP contribution in [-0.4, -0.2) is 17.9 Å².